The normalized spacial score (nSPS) is 10.5. The lowest BCUT2D eigenvalue weighted by Crippen LogP contribution is -2.33. The first-order chi connectivity index (χ1) is 11.1. The van der Waals surface area contributed by atoms with Crippen LogP contribution in [0.15, 0.2) is 47.2 Å². The molecule has 0 aliphatic carbocycles. The maximum atomic E-state index is 12.3. The molecule has 0 spiro atoms. The molecule has 23 heavy (non-hydrogen) atoms. The average Bonchev–Trinajstić information content (AvgIpc) is 2.99. The van der Waals surface area contributed by atoms with Crippen molar-refractivity contribution in [2.45, 2.75) is 0 Å². The Kier molecular flexibility index (Phi) is 4.18. The summed E-state index contributed by atoms with van der Waals surface area (Å²) in [4.78, 5) is 28.5. The van der Waals surface area contributed by atoms with E-state index in [0.717, 1.165) is 4.90 Å². The lowest BCUT2D eigenvalue weighted by molar-refractivity contribution is -0.106. The molecule has 3 rings (SSSR count). The number of fused-ring (bicyclic) bond motifs is 1. The summed E-state index contributed by atoms with van der Waals surface area (Å²) in [6.07, 6.45) is 1.69. The van der Waals surface area contributed by atoms with Gasteiger partial charge in [0.05, 0.1) is 15.7 Å². The molecular formula is C15H9Cl2N3O3. The van der Waals surface area contributed by atoms with Gasteiger partial charge in [-0.2, -0.15) is 0 Å². The summed E-state index contributed by atoms with van der Waals surface area (Å²) in [5.74, 6) is 0. The molecule has 0 bridgehead atoms. The monoisotopic (exact) mass is 349 g/mol. The van der Waals surface area contributed by atoms with Crippen molar-refractivity contribution in [3.05, 3.63) is 52.8 Å². The van der Waals surface area contributed by atoms with Gasteiger partial charge in [0.1, 0.15) is 5.52 Å². The van der Waals surface area contributed by atoms with Crippen LogP contribution >= 0.6 is 23.2 Å². The highest BCUT2D eigenvalue weighted by atomic mass is 35.5. The van der Waals surface area contributed by atoms with Gasteiger partial charge >= 0.3 is 6.03 Å². The Labute approximate surface area is 140 Å². The number of carbonyl (C=O) groups excluding carboxylic acids is 2. The molecule has 0 aliphatic heterocycles. The molecule has 0 saturated heterocycles. The second-order valence-electron chi connectivity index (χ2n) is 4.54. The van der Waals surface area contributed by atoms with E-state index in [1.54, 1.807) is 30.3 Å². The Balaban J connectivity index is 1.85. The van der Waals surface area contributed by atoms with Crippen molar-refractivity contribution in [1.82, 2.24) is 4.98 Å². The molecule has 3 amide bonds. The van der Waals surface area contributed by atoms with E-state index < -0.39 is 6.03 Å². The molecule has 0 unspecified atom stereocenters. The Morgan fingerprint density at radius 2 is 2.00 bits per heavy atom. The molecule has 0 saturated carbocycles. The van der Waals surface area contributed by atoms with Crippen molar-refractivity contribution < 1.29 is 14.0 Å². The van der Waals surface area contributed by atoms with Crippen molar-refractivity contribution >= 4 is 58.1 Å². The van der Waals surface area contributed by atoms with Gasteiger partial charge in [-0.05, 0) is 30.3 Å². The molecule has 0 fully saturated rings. The predicted molar refractivity (Wildman–Crippen MR) is 88.0 cm³/mol. The van der Waals surface area contributed by atoms with Gasteiger partial charge in [0.25, 0.3) is 0 Å². The van der Waals surface area contributed by atoms with Crippen molar-refractivity contribution in [1.29, 1.82) is 0 Å². The van der Waals surface area contributed by atoms with Gasteiger partial charge in [0.15, 0.2) is 12.0 Å². The van der Waals surface area contributed by atoms with Crippen LogP contribution in [0.1, 0.15) is 0 Å². The third-order valence-electron chi connectivity index (χ3n) is 3.09. The van der Waals surface area contributed by atoms with E-state index >= 15 is 0 Å². The number of imide groups is 1. The van der Waals surface area contributed by atoms with Crippen molar-refractivity contribution in [2.24, 2.45) is 0 Å². The molecule has 0 atom stereocenters. The van der Waals surface area contributed by atoms with Crippen LogP contribution in [0.25, 0.3) is 11.1 Å². The summed E-state index contributed by atoms with van der Waals surface area (Å²) in [6, 6.07) is 8.76. The number of rotatable bonds is 3. The van der Waals surface area contributed by atoms with Crippen LogP contribution in [-0.2, 0) is 4.79 Å². The Hall–Kier alpha value is -2.57. The number of carbonyl (C=O) groups is 2. The van der Waals surface area contributed by atoms with E-state index in [1.807, 2.05) is 0 Å². The van der Waals surface area contributed by atoms with Gasteiger partial charge in [-0.15, -0.1) is 0 Å². The second-order valence-corrected chi connectivity index (χ2v) is 5.35. The molecule has 0 radical (unpaired) electrons. The molecule has 0 aliphatic rings. The van der Waals surface area contributed by atoms with Gasteiger partial charge in [0, 0.05) is 11.8 Å². The maximum Gasteiger partial charge on any atom is 0.332 e. The Morgan fingerprint density at radius 1 is 1.17 bits per heavy atom. The third-order valence-corrected chi connectivity index (χ3v) is 3.83. The number of nitrogens with zero attached hydrogens (tertiary/aromatic N) is 2. The van der Waals surface area contributed by atoms with Crippen molar-refractivity contribution in [2.75, 3.05) is 10.2 Å². The van der Waals surface area contributed by atoms with Crippen molar-refractivity contribution in [3.8, 4) is 0 Å². The Morgan fingerprint density at radius 3 is 2.74 bits per heavy atom. The number of aromatic nitrogens is 1. The molecule has 1 heterocycles. The van der Waals surface area contributed by atoms with E-state index in [-0.39, 0.29) is 0 Å². The van der Waals surface area contributed by atoms with Crippen LogP contribution in [0.5, 0.6) is 0 Å². The fraction of sp³-hybridized carbons (Fsp3) is 0. The summed E-state index contributed by atoms with van der Waals surface area (Å²) in [5, 5.41) is 3.23. The number of benzene rings is 2. The zero-order valence-corrected chi connectivity index (χ0v) is 13.0. The number of urea groups is 1. The lowest BCUT2D eigenvalue weighted by Gasteiger charge is -2.16. The highest BCUT2D eigenvalue weighted by Gasteiger charge is 2.16. The molecule has 1 N–H and O–H groups in total. The molecular weight excluding hydrogens is 341 g/mol. The fourth-order valence-electron chi connectivity index (χ4n) is 1.98. The minimum atomic E-state index is -0.641. The quantitative estimate of drug-likeness (QED) is 0.714. The lowest BCUT2D eigenvalue weighted by atomic mass is 10.2. The van der Waals surface area contributed by atoms with Crippen LogP contribution < -0.4 is 10.2 Å². The fourth-order valence-corrected chi connectivity index (χ4v) is 2.28. The van der Waals surface area contributed by atoms with E-state index in [2.05, 4.69) is 10.3 Å². The van der Waals surface area contributed by atoms with Crippen LogP contribution in [0, 0.1) is 0 Å². The second kappa shape index (κ2) is 6.28. The highest BCUT2D eigenvalue weighted by molar-refractivity contribution is 6.42. The summed E-state index contributed by atoms with van der Waals surface area (Å²) >= 11 is 11.7. The van der Waals surface area contributed by atoms with Gasteiger partial charge < -0.3 is 9.73 Å². The number of anilines is 2. The summed E-state index contributed by atoms with van der Waals surface area (Å²) in [6.45, 7) is 0. The first-order valence-corrected chi connectivity index (χ1v) is 7.18. The maximum absolute atomic E-state index is 12.3. The van der Waals surface area contributed by atoms with Gasteiger partial charge in [-0.1, -0.05) is 23.2 Å². The number of hydrogen-bond acceptors (Lipinski definition) is 4. The van der Waals surface area contributed by atoms with Gasteiger partial charge in [-0.3, -0.25) is 4.79 Å². The molecule has 8 heteroatoms. The molecule has 2 aromatic carbocycles. The minimum absolute atomic E-state index is 0.296. The highest BCUT2D eigenvalue weighted by Crippen LogP contribution is 2.26. The number of oxazole rings is 1. The van der Waals surface area contributed by atoms with Crippen LogP contribution in [0.3, 0.4) is 0 Å². The number of hydrogen-bond donors (Lipinski definition) is 1. The minimum Gasteiger partial charge on any atom is -0.443 e. The predicted octanol–water partition coefficient (Wildman–Crippen LogP) is 4.33. The zero-order valence-electron chi connectivity index (χ0n) is 11.5. The number of amides is 3. The average molecular weight is 350 g/mol. The first-order valence-electron chi connectivity index (χ1n) is 6.42. The van der Waals surface area contributed by atoms with Gasteiger partial charge in [0.2, 0.25) is 6.41 Å². The zero-order chi connectivity index (χ0) is 16.4. The SMILES string of the molecule is O=CN(C(=O)Nc1ccc(Cl)c(Cl)c1)c1ccc2ncoc2c1. The summed E-state index contributed by atoms with van der Waals surface area (Å²) in [5.41, 5.74) is 1.86. The van der Waals surface area contributed by atoms with Crippen LogP contribution in [-0.4, -0.2) is 17.4 Å². The van der Waals surface area contributed by atoms with E-state index in [9.17, 15) is 9.59 Å². The standard InChI is InChI=1S/C15H9Cl2N3O3/c16-11-3-1-9(5-12(11)17)19-15(22)20(8-21)10-2-4-13-14(6-10)23-7-18-13/h1-8H,(H,19,22). The summed E-state index contributed by atoms with van der Waals surface area (Å²) in [7, 11) is 0. The smallest absolute Gasteiger partial charge is 0.332 e. The molecule has 3 aromatic rings. The van der Waals surface area contributed by atoms with Crippen LogP contribution in [0.2, 0.25) is 10.0 Å². The molecule has 1 aromatic heterocycles. The summed E-state index contributed by atoms with van der Waals surface area (Å²) < 4.78 is 5.16. The molecule has 116 valence electrons. The largest absolute Gasteiger partial charge is 0.443 e. The van der Waals surface area contributed by atoms with Crippen LogP contribution in [0.4, 0.5) is 16.2 Å². The van der Waals surface area contributed by atoms with Crippen molar-refractivity contribution in [3.63, 3.8) is 0 Å². The topological polar surface area (TPSA) is 75.4 Å². The van der Waals surface area contributed by atoms with Gasteiger partial charge in [-0.25, -0.2) is 14.7 Å². The number of halogens is 2. The molecule has 6 nitrogen and oxygen atoms in total. The third kappa shape index (κ3) is 3.13. The Bertz CT molecular complexity index is 895. The van der Waals surface area contributed by atoms with E-state index in [0.29, 0.717) is 38.9 Å². The first kappa shape index (κ1) is 15.3. The van der Waals surface area contributed by atoms with E-state index in [1.165, 1.54) is 12.5 Å². The van der Waals surface area contributed by atoms with E-state index in [4.69, 9.17) is 27.6 Å². The number of nitrogens with one attached hydrogen (secondary N) is 1.